The van der Waals surface area contributed by atoms with Gasteiger partial charge in [-0.05, 0) is 31.0 Å². The number of aliphatic hydroxyl groups is 2. The number of sulfonamides is 1. The summed E-state index contributed by atoms with van der Waals surface area (Å²) in [5.41, 5.74) is 1.96. The van der Waals surface area contributed by atoms with Crippen LogP contribution in [0.15, 0.2) is 59.5 Å². The molecule has 1 fully saturated rings. The number of aliphatic hydroxyl groups excluding tert-OH is 2. The van der Waals surface area contributed by atoms with Crippen molar-refractivity contribution >= 4 is 10.0 Å². The lowest BCUT2D eigenvalue weighted by atomic mass is 9.93. The first-order chi connectivity index (χ1) is 11.4. The predicted molar refractivity (Wildman–Crippen MR) is 91.1 cm³/mol. The molecule has 5 nitrogen and oxygen atoms in total. The van der Waals surface area contributed by atoms with E-state index in [0.717, 1.165) is 11.1 Å². The zero-order valence-corrected chi connectivity index (χ0v) is 14.1. The van der Waals surface area contributed by atoms with Crippen LogP contribution in [0.25, 0.3) is 0 Å². The Morgan fingerprint density at radius 3 is 2.42 bits per heavy atom. The largest absolute Gasteiger partial charge is 0.390 e. The van der Waals surface area contributed by atoms with Crippen LogP contribution in [-0.4, -0.2) is 36.9 Å². The Balaban J connectivity index is 1.92. The summed E-state index contributed by atoms with van der Waals surface area (Å²) in [5.74, 6) is -0.284. The van der Waals surface area contributed by atoms with Gasteiger partial charge in [0, 0.05) is 5.92 Å². The van der Waals surface area contributed by atoms with Crippen LogP contribution < -0.4 is 4.72 Å². The maximum absolute atomic E-state index is 12.6. The minimum Gasteiger partial charge on any atom is -0.390 e. The van der Waals surface area contributed by atoms with E-state index in [1.54, 1.807) is 18.2 Å². The molecule has 0 amide bonds. The van der Waals surface area contributed by atoms with E-state index in [9.17, 15) is 18.6 Å². The highest BCUT2D eigenvalue weighted by Gasteiger charge is 2.44. The van der Waals surface area contributed by atoms with Gasteiger partial charge in [0.15, 0.2) is 0 Å². The van der Waals surface area contributed by atoms with Gasteiger partial charge in [-0.1, -0.05) is 48.0 Å². The maximum Gasteiger partial charge on any atom is 0.240 e. The SMILES string of the molecule is Cc1cccc(C2CC(O)C(O)C2NS(=O)(=O)c2ccccc2)c1. The molecular formula is C18H21NO4S. The molecule has 2 aromatic carbocycles. The van der Waals surface area contributed by atoms with E-state index in [-0.39, 0.29) is 10.8 Å². The first kappa shape index (κ1) is 17.1. The van der Waals surface area contributed by atoms with Gasteiger partial charge < -0.3 is 10.2 Å². The summed E-state index contributed by atoms with van der Waals surface area (Å²) in [6.07, 6.45) is -1.79. The molecule has 2 aromatic rings. The summed E-state index contributed by atoms with van der Waals surface area (Å²) >= 11 is 0. The molecule has 6 heteroatoms. The molecule has 3 rings (SSSR count). The van der Waals surface area contributed by atoms with Gasteiger partial charge in [-0.15, -0.1) is 0 Å². The third-order valence-corrected chi connectivity index (χ3v) is 5.98. The summed E-state index contributed by atoms with van der Waals surface area (Å²) in [6, 6.07) is 15.0. The van der Waals surface area contributed by atoms with E-state index in [1.807, 2.05) is 31.2 Å². The highest BCUT2D eigenvalue weighted by molar-refractivity contribution is 7.89. The molecule has 0 aliphatic heterocycles. The molecule has 4 atom stereocenters. The van der Waals surface area contributed by atoms with Gasteiger partial charge in [-0.3, -0.25) is 0 Å². The Morgan fingerprint density at radius 2 is 1.75 bits per heavy atom. The van der Waals surface area contributed by atoms with Crippen molar-refractivity contribution in [1.82, 2.24) is 4.72 Å². The van der Waals surface area contributed by atoms with Crippen LogP contribution in [0.1, 0.15) is 23.5 Å². The zero-order valence-electron chi connectivity index (χ0n) is 13.3. The van der Waals surface area contributed by atoms with E-state index < -0.39 is 28.3 Å². The summed E-state index contributed by atoms with van der Waals surface area (Å²) in [4.78, 5) is 0.140. The smallest absolute Gasteiger partial charge is 0.240 e. The molecule has 0 heterocycles. The van der Waals surface area contributed by atoms with Gasteiger partial charge >= 0.3 is 0 Å². The van der Waals surface area contributed by atoms with Crippen LogP contribution in [-0.2, 0) is 10.0 Å². The predicted octanol–water partition coefficient (Wildman–Crippen LogP) is 1.55. The summed E-state index contributed by atoms with van der Waals surface area (Å²) in [6.45, 7) is 1.95. The van der Waals surface area contributed by atoms with Crippen molar-refractivity contribution in [2.24, 2.45) is 0 Å². The van der Waals surface area contributed by atoms with Crippen LogP contribution in [0.3, 0.4) is 0 Å². The molecule has 0 radical (unpaired) electrons. The molecule has 1 aliphatic carbocycles. The normalized spacial score (nSPS) is 27.3. The number of benzene rings is 2. The van der Waals surface area contributed by atoms with E-state index in [4.69, 9.17) is 0 Å². The zero-order chi connectivity index (χ0) is 17.3. The average molecular weight is 347 g/mol. The molecule has 4 unspecified atom stereocenters. The Labute approximate surface area is 142 Å². The Bertz CT molecular complexity index is 807. The standard InChI is InChI=1S/C18H21NO4S/c1-12-6-5-7-13(10-12)15-11-16(20)18(21)17(15)19-24(22,23)14-8-3-2-4-9-14/h2-10,15-21H,11H2,1H3. The van der Waals surface area contributed by atoms with Crippen molar-refractivity contribution in [3.8, 4) is 0 Å². The molecule has 128 valence electrons. The molecule has 0 aromatic heterocycles. The number of aryl methyl sites for hydroxylation is 1. The second kappa shape index (κ2) is 6.64. The van der Waals surface area contributed by atoms with Gasteiger partial charge in [0.1, 0.15) is 0 Å². The second-order valence-corrected chi connectivity index (χ2v) is 7.99. The molecule has 0 spiro atoms. The highest BCUT2D eigenvalue weighted by atomic mass is 32.2. The van der Waals surface area contributed by atoms with Gasteiger partial charge in [-0.2, -0.15) is 0 Å². The minimum absolute atomic E-state index is 0.140. The second-order valence-electron chi connectivity index (χ2n) is 6.27. The van der Waals surface area contributed by atoms with Gasteiger partial charge in [0.2, 0.25) is 10.0 Å². The van der Waals surface area contributed by atoms with Gasteiger partial charge in [0.05, 0.1) is 23.1 Å². The summed E-state index contributed by atoms with van der Waals surface area (Å²) in [7, 11) is -3.77. The fraction of sp³-hybridized carbons (Fsp3) is 0.333. The first-order valence-corrected chi connectivity index (χ1v) is 9.37. The van der Waals surface area contributed by atoms with Crippen molar-refractivity contribution in [2.45, 2.75) is 42.4 Å². The molecule has 3 N–H and O–H groups in total. The number of hydrogen-bond acceptors (Lipinski definition) is 4. The molecule has 1 saturated carbocycles. The summed E-state index contributed by atoms with van der Waals surface area (Å²) in [5, 5.41) is 20.3. The Kier molecular flexibility index (Phi) is 4.73. The van der Waals surface area contributed by atoms with Crippen molar-refractivity contribution in [2.75, 3.05) is 0 Å². The van der Waals surface area contributed by atoms with E-state index >= 15 is 0 Å². The number of rotatable bonds is 4. The molecule has 0 saturated heterocycles. The molecule has 0 bridgehead atoms. The van der Waals surface area contributed by atoms with Crippen LogP contribution in [0.4, 0.5) is 0 Å². The fourth-order valence-electron chi connectivity index (χ4n) is 3.27. The van der Waals surface area contributed by atoms with Gasteiger partial charge in [-0.25, -0.2) is 13.1 Å². The fourth-order valence-corrected chi connectivity index (χ4v) is 4.58. The lowest BCUT2D eigenvalue weighted by molar-refractivity contribution is 0.0338. The Hall–Kier alpha value is -1.73. The van der Waals surface area contributed by atoms with Crippen molar-refractivity contribution in [3.05, 3.63) is 65.7 Å². The quantitative estimate of drug-likeness (QED) is 0.783. The highest BCUT2D eigenvalue weighted by Crippen LogP contribution is 2.36. The maximum atomic E-state index is 12.6. The molecule has 24 heavy (non-hydrogen) atoms. The van der Waals surface area contributed by atoms with Crippen LogP contribution in [0, 0.1) is 6.92 Å². The third kappa shape index (κ3) is 3.37. The Morgan fingerprint density at radius 1 is 1.04 bits per heavy atom. The van der Waals surface area contributed by atoms with Crippen LogP contribution in [0.5, 0.6) is 0 Å². The lowest BCUT2D eigenvalue weighted by Crippen LogP contribution is -2.45. The van der Waals surface area contributed by atoms with Gasteiger partial charge in [0.25, 0.3) is 0 Å². The van der Waals surface area contributed by atoms with Crippen molar-refractivity contribution < 1.29 is 18.6 Å². The number of nitrogens with one attached hydrogen (secondary N) is 1. The topological polar surface area (TPSA) is 86.6 Å². The van der Waals surface area contributed by atoms with Crippen molar-refractivity contribution in [3.63, 3.8) is 0 Å². The molecular weight excluding hydrogens is 326 g/mol. The third-order valence-electron chi connectivity index (χ3n) is 4.51. The monoisotopic (exact) mass is 347 g/mol. The summed E-state index contributed by atoms with van der Waals surface area (Å²) < 4.78 is 27.7. The first-order valence-electron chi connectivity index (χ1n) is 7.88. The average Bonchev–Trinajstić information content (AvgIpc) is 2.84. The van der Waals surface area contributed by atoms with E-state index in [0.29, 0.717) is 6.42 Å². The van der Waals surface area contributed by atoms with Crippen molar-refractivity contribution in [1.29, 1.82) is 0 Å². The minimum atomic E-state index is -3.77. The van der Waals surface area contributed by atoms with Crippen LogP contribution >= 0.6 is 0 Å². The van der Waals surface area contributed by atoms with E-state index in [2.05, 4.69) is 4.72 Å². The van der Waals surface area contributed by atoms with Crippen LogP contribution in [0.2, 0.25) is 0 Å². The lowest BCUT2D eigenvalue weighted by Gasteiger charge is -2.24. The molecule has 1 aliphatic rings. The number of hydrogen-bond donors (Lipinski definition) is 3. The van der Waals surface area contributed by atoms with E-state index in [1.165, 1.54) is 12.1 Å².